The molecule has 6 rings (SSSR count). The molecule has 0 bridgehead atoms. The van der Waals surface area contributed by atoms with Crippen molar-refractivity contribution in [1.29, 1.82) is 0 Å². The summed E-state index contributed by atoms with van der Waals surface area (Å²) in [7, 11) is 0. The normalized spacial score (nSPS) is 18.7. The zero-order chi connectivity index (χ0) is 34.8. The molecule has 0 spiro atoms. The molecule has 0 radical (unpaired) electrons. The molecule has 256 valence electrons. The predicted octanol–water partition coefficient (Wildman–Crippen LogP) is 7.62. The topological polar surface area (TPSA) is 76.2 Å². The average molecular weight is 701 g/mol. The van der Waals surface area contributed by atoms with Crippen LogP contribution in [-0.4, -0.2) is 69.0 Å². The molecule has 2 fully saturated rings. The van der Waals surface area contributed by atoms with Gasteiger partial charge < -0.3 is 15.1 Å². The lowest BCUT2D eigenvalue weighted by molar-refractivity contribution is -0.158. The Balaban J connectivity index is 1.31. The number of nitrogens with zero attached hydrogens (tertiary/aromatic N) is 4. The number of nitrogens with one attached hydrogen (secondary N) is 1. The summed E-state index contributed by atoms with van der Waals surface area (Å²) in [5.41, 5.74) is 4.07. The summed E-state index contributed by atoms with van der Waals surface area (Å²) in [5, 5.41) is 9.49. The first-order valence-electron chi connectivity index (χ1n) is 17.0. The SMILES string of the molecule is CCC(C)c1ccc(C[C@H]2C(=O)N(Cc3cccc4ccccc34)C[C@H]3N2C(=O)CN3N(C(=O)NCc2ccc(Cl)c(Cl)c2)C(C)C)cc1. The number of rotatable bonds is 10. The number of piperazine rings is 1. The zero-order valence-corrected chi connectivity index (χ0v) is 29.9. The highest BCUT2D eigenvalue weighted by Gasteiger charge is 2.52. The number of carbonyl (C=O) groups excluding carboxylic acids is 3. The average Bonchev–Trinajstić information content (AvgIpc) is 3.41. The molecule has 4 aromatic carbocycles. The summed E-state index contributed by atoms with van der Waals surface area (Å²) in [6, 6.07) is 26.6. The molecule has 2 saturated heterocycles. The predicted molar refractivity (Wildman–Crippen MR) is 195 cm³/mol. The molecule has 0 aliphatic carbocycles. The van der Waals surface area contributed by atoms with Gasteiger partial charge in [-0.25, -0.2) is 4.79 Å². The van der Waals surface area contributed by atoms with Gasteiger partial charge in [-0.05, 0) is 71.3 Å². The number of carbonyl (C=O) groups is 3. The van der Waals surface area contributed by atoms with Crippen LogP contribution in [0.2, 0.25) is 10.0 Å². The Kier molecular flexibility index (Phi) is 10.5. The molecule has 1 N–H and O–H groups in total. The first-order chi connectivity index (χ1) is 23.5. The third-order valence-electron chi connectivity index (χ3n) is 9.80. The van der Waals surface area contributed by atoms with Crippen LogP contribution in [0.15, 0.2) is 84.9 Å². The van der Waals surface area contributed by atoms with Crippen molar-refractivity contribution in [3.05, 3.63) is 117 Å². The fourth-order valence-corrected chi connectivity index (χ4v) is 7.32. The van der Waals surface area contributed by atoms with Crippen LogP contribution < -0.4 is 5.32 Å². The lowest BCUT2D eigenvalue weighted by Crippen LogP contribution is -2.66. The van der Waals surface area contributed by atoms with E-state index in [1.165, 1.54) is 5.56 Å². The van der Waals surface area contributed by atoms with Gasteiger partial charge in [0, 0.05) is 25.6 Å². The standard InChI is InChI=1S/C39H43Cl2N5O3/c1-5-26(4)29-16-13-27(14-17-29)20-35-38(48)43(22-31-11-8-10-30-9-6-7-12-32(30)31)23-36-44(24-37(47)45(35)36)46(25(2)3)39(49)42-21-28-15-18-33(40)34(41)19-28/h6-19,25-26,35-36H,5,20-24H2,1-4H3,(H,42,49)/t26?,35-,36+/m0/s1. The summed E-state index contributed by atoms with van der Waals surface area (Å²) in [5.74, 6) is 0.169. The molecule has 49 heavy (non-hydrogen) atoms. The largest absolute Gasteiger partial charge is 0.333 e. The van der Waals surface area contributed by atoms with E-state index < -0.39 is 12.2 Å². The first-order valence-corrected chi connectivity index (χ1v) is 17.7. The molecule has 2 aliphatic heterocycles. The van der Waals surface area contributed by atoms with Gasteiger partial charge in [0.15, 0.2) is 0 Å². The Labute approximate surface area is 298 Å². The molecule has 1 unspecified atom stereocenters. The van der Waals surface area contributed by atoms with Crippen LogP contribution in [0.4, 0.5) is 4.79 Å². The van der Waals surface area contributed by atoms with Crippen molar-refractivity contribution in [3.63, 3.8) is 0 Å². The Morgan fingerprint density at radius 2 is 1.63 bits per heavy atom. The monoisotopic (exact) mass is 699 g/mol. The maximum absolute atomic E-state index is 14.4. The molecule has 0 saturated carbocycles. The summed E-state index contributed by atoms with van der Waals surface area (Å²) in [6.07, 6.45) is 0.895. The molecule has 2 aliphatic rings. The van der Waals surface area contributed by atoms with E-state index in [0.29, 0.717) is 28.9 Å². The van der Waals surface area contributed by atoms with Crippen molar-refractivity contribution in [2.24, 2.45) is 0 Å². The molecular formula is C39H43Cl2N5O3. The van der Waals surface area contributed by atoms with Gasteiger partial charge in [-0.15, -0.1) is 0 Å². The number of hydrogen-bond acceptors (Lipinski definition) is 4. The summed E-state index contributed by atoms with van der Waals surface area (Å²) >= 11 is 12.3. The van der Waals surface area contributed by atoms with Crippen molar-refractivity contribution < 1.29 is 14.4 Å². The fraction of sp³-hybridized carbons (Fsp3) is 0.359. The van der Waals surface area contributed by atoms with Crippen molar-refractivity contribution >= 4 is 51.8 Å². The number of fused-ring (bicyclic) bond motifs is 2. The second-order valence-corrected chi connectivity index (χ2v) is 14.2. The molecular weight excluding hydrogens is 657 g/mol. The van der Waals surface area contributed by atoms with Gasteiger partial charge in [0.05, 0.1) is 23.1 Å². The highest BCUT2D eigenvalue weighted by molar-refractivity contribution is 6.42. The highest BCUT2D eigenvalue weighted by atomic mass is 35.5. The Bertz CT molecular complexity index is 1840. The van der Waals surface area contributed by atoms with Crippen molar-refractivity contribution in [1.82, 2.24) is 25.1 Å². The minimum atomic E-state index is -0.714. The van der Waals surface area contributed by atoms with E-state index >= 15 is 0 Å². The molecule has 3 atom stereocenters. The smallest absolute Gasteiger partial charge is 0.332 e. The minimum absolute atomic E-state index is 0.0120. The van der Waals surface area contributed by atoms with Crippen molar-refractivity contribution in [2.45, 2.75) is 77.8 Å². The van der Waals surface area contributed by atoms with Gasteiger partial charge >= 0.3 is 6.03 Å². The summed E-state index contributed by atoms with van der Waals surface area (Å²) in [6.45, 7) is 9.09. The molecule has 4 amide bonds. The van der Waals surface area contributed by atoms with Crippen molar-refractivity contribution in [3.8, 4) is 0 Å². The van der Waals surface area contributed by atoms with Gasteiger partial charge in [-0.3, -0.25) is 14.6 Å². The zero-order valence-electron chi connectivity index (χ0n) is 28.4. The molecule has 4 aromatic rings. The number of amides is 4. The third kappa shape index (κ3) is 7.28. The van der Waals surface area contributed by atoms with Crippen LogP contribution in [0.1, 0.15) is 62.3 Å². The number of urea groups is 1. The van der Waals surface area contributed by atoms with Crippen LogP contribution in [0.5, 0.6) is 0 Å². The Morgan fingerprint density at radius 3 is 2.35 bits per heavy atom. The van der Waals surface area contributed by atoms with E-state index in [-0.39, 0.29) is 43.5 Å². The van der Waals surface area contributed by atoms with Crippen LogP contribution >= 0.6 is 23.2 Å². The maximum atomic E-state index is 14.4. The van der Waals surface area contributed by atoms with Crippen LogP contribution in [0, 0.1) is 0 Å². The first kappa shape index (κ1) is 34.7. The second kappa shape index (κ2) is 14.8. The van der Waals surface area contributed by atoms with E-state index in [9.17, 15) is 14.4 Å². The highest BCUT2D eigenvalue weighted by Crippen LogP contribution is 2.32. The Morgan fingerprint density at radius 1 is 0.918 bits per heavy atom. The van der Waals surface area contributed by atoms with E-state index in [2.05, 4.69) is 67.7 Å². The third-order valence-corrected chi connectivity index (χ3v) is 10.5. The van der Waals surface area contributed by atoms with Gasteiger partial charge in [-0.1, -0.05) is 110 Å². The van der Waals surface area contributed by atoms with Gasteiger partial charge in [0.1, 0.15) is 12.2 Å². The summed E-state index contributed by atoms with van der Waals surface area (Å²) < 4.78 is 0. The molecule has 10 heteroatoms. The minimum Gasteiger partial charge on any atom is -0.333 e. The number of hydrazine groups is 1. The van der Waals surface area contributed by atoms with Gasteiger partial charge in [0.2, 0.25) is 11.8 Å². The van der Waals surface area contributed by atoms with Crippen LogP contribution in [0.25, 0.3) is 10.8 Å². The number of halogens is 2. The van der Waals surface area contributed by atoms with Gasteiger partial charge in [-0.2, -0.15) is 5.01 Å². The molecule has 8 nitrogen and oxygen atoms in total. The van der Waals surface area contributed by atoms with Gasteiger partial charge in [0.25, 0.3) is 0 Å². The number of hydrogen-bond donors (Lipinski definition) is 1. The fourth-order valence-electron chi connectivity index (χ4n) is 7.00. The second-order valence-electron chi connectivity index (χ2n) is 13.4. The summed E-state index contributed by atoms with van der Waals surface area (Å²) in [4.78, 5) is 45.8. The van der Waals surface area contributed by atoms with E-state index in [4.69, 9.17) is 23.2 Å². The van der Waals surface area contributed by atoms with Crippen LogP contribution in [-0.2, 0) is 29.1 Å². The quantitative estimate of drug-likeness (QED) is 0.185. The van der Waals surface area contributed by atoms with E-state index in [1.807, 2.05) is 48.0 Å². The lowest BCUT2D eigenvalue weighted by Gasteiger charge is -2.47. The lowest BCUT2D eigenvalue weighted by atomic mass is 9.94. The maximum Gasteiger partial charge on any atom is 0.332 e. The number of benzene rings is 4. The molecule has 0 aromatic heterocycles. The van der Waals surface area contributed by atoms with Crippen molar-refractivity contribution in [2.75, 3.05) is 13.1 Å². The van der Waals surface area contributed by atoms with E-state index in [1.54, 1.807) is 22.0 Å². The molecule has 2 heterocycles. The van der Waals surface area contributed by atoms with E-state index in [0.717, 1.165) is 33.9 Å². The van der Waals surface area contributed by atoms with Crippen LogP contribution in [0.3, 0.4) is 0 Å². The Hall–Kier alpha value is -4.11.